The molecule has 0 saturated heterocycles. The minimum absolute atomic E-state index is 0. The molecule has 6 nitrogen and oxygen atoms in total. The van der Waals surface area contributed by atoms with Gasteiger partial charge >= 0.3 is 0 Å². The minimum atomic E-state index is 0. The molecule has 0 spiro atoms. The summed E-state index contributed by atoms with van der Waals surface area (Å²) in [5.74, 6) is 2.20. The zero-order chi connectivity index (χ0) is 17.4. The summed E-state index contributed by atoms with van der Waals surface area (Å²) in [6, 6.07) is 5.82. The van der Waals surface area contributed by atoms with Gasteiger partial charge in [0, 0.05) is 37.5 Å². The summed E-state index contributed by atoms with van der Waals surface area (Å²) < 4.78 is 10.8. The van der Waals surface area contributed by atoms with Gasteiger partial charge in [0.25, 0.3) is 0 Å². The third kappa shape index (κ3) is 6.35. The highest BCUT2D eigenvalue weighted by atomic mass is 127. The average Bonchev–Trinajstić information content (AvgIpc) is 3.02. The van der Waals surface area contributed by atoms with Crippen molar-refractivity contribution >= 4 is 41.3 Å². The molecule has 0 radical (unpaired) electrons. The Morgan fingerprint density at radius 1 is 1.24 bits per heavy atom. The lowest BCUT2D eigenvalue weighted by atomic mass is 10.2. The zero-order valence-electron chi connectivity index (χ0n) is 15.0. The van der Waals surface area contributed by atoms with E-state index in [1.807, 2.05) is 25.1 Å². The summed E-state index contributed by atoms with van der Waals surface area (Å²) in [6.07, 6.45) is 0.869. The van der Waals surface area contributed by atoms with Crippen molar-refractivity contribution in [2.24, 2.45) is 4.99 Å². The number of aromatic nitrogens is 1. The predicted octanol–water partition coefficient (Wildman–Crippen LogP) is 2.99. The van der Waals surface area contributed by atoms with Crippen LogP contribution >= 0.6 is 35.3 Å². The number of hydrogen-bond donors (Lipinski definition) is 2. The van der Waals surface area contributed by atoms with Gasteiger partial charge in [-0.1, -0.05) is 12.1 Å². The highest BCUT2D eigenvalue weighted by Gasteiger charge is 2.09. The largest absolute Gasteiger partial charge is 0.493 e. The van der Waals surface area contributed by atoms with Crippen LogP contribution in [0.15, 0.2) is 28.6 Å². The number of nitrogens with zero attached hydrogens (tertiary/aromatic N) is 2. The number of para-hydroxylation sites is 1. The molecule has 1 aromatic carbocycles. The van der Waals surface area contributed by atoms with E-state index in [4.69, 9.17) is 9.47 Å². The predicted molar refractivity (Wildman–Crippen MR) is 114 cm³/mol. The fourth-order valence-electron chi connectivity index (χ4n) is 2.32. The summed E-state index contributed by atoms with van der Waals surface area (Å²) in [4.78, 5) is 8.70. The van der Waals surface area contributed by atoms with Crippen molar-refractivity contribution in [3.63, 3.8) is 0 Å². The maximum atomic E-state index is 5.44. The smallest absolute Gasteiger partial charge is 0.191 e. The van der Waals surface area contributed by atoms with Crippen LogP contribution in [0, 0.1) is 6.92 Å². The molecule has 25 heavy (non-hydrogen) atoms. The third-order valence-corrected chi connectivity index (χ3v) is 4.32. The molecule has 2 N–H and O–H groups in total. The van der Waals surface area contributed by atoms with Gasteiger partial charge in [-0.3, -0.25) is 4.99 Å². The van der Waals surface area contributed by atoms with E-state index in [2.05, 4.69) is 26.0 Å². The summed E-state index contributed by atoms with van der Waals surface area (Å²) in [6.45, 7) is 3.39. The number of halogens is 1. The maximum Gasteiger partial charge on any atom is 0.191 e. The van der Waals surface area contributed by atoms with E-state index >= 15 is 0 Å². The number of aryl methyl sites for hydroxylation is 1. The summed E-state index contributed by atoms with van der Waals surface area (Å²) in [7, 11) is 5.03. The Balaban J connectivity index is 0.00000312. The normalized spacial score (nSPS) is 10.8. The Labute approximate surface area is 170 Å². The molecule has 8 heteroatoms. The van der Waals surface area contributed by atoms with Gasteiger partial charge in [-0.15, -0.1) is 35.3 Å². The van der Waals surface area contributed by atoms with Crippen molar-refractivity contribution in [2.45, 2.75) is 19.9 Å². The molecule has 0 fully saturated rings. The van der Waals surface area contributed by atoms with E-state index in [0.717, 1.165) is 46.7 Å². The Hall–Kier alpha value is -1.55. The van der Waals surface area contributed by atoms with Crippen molar-refractivity contribution in [1.82, 2.24) is 15.6 Å². The summed E-state index contributed by atoms with van der Waals surface area (Å²) in [5, 5.41) is 9.77. The number of nitrogens with one attached hydrogen (secondary N) is 2. The van der Waals surface area contributed by atoms with Crippen LogP contribution in [0.3, 0.4) is 0 Å². The molecule has 0 aliphatic carbocycles. The van der Waals surface area contributed by atoms with Crippen molar-refractivity contribution in [3.05, 3.63) is 39.8 Å². The SMILES string of the molecule is CN=C(NCCc1csc(C)n1)NCc1cccc(OC)c1OC.I. The first-order valence-corrected chi connectivity index (χ1v) is 8.61. The van der Waals surface area contributed by atoms with Crippen LogP contribution in [-0.4, -0.2) is 38.8 Å². The zero-order valence-corrected chi connectivity index (χ0v) is 18.1. The molecular weight excluding hydrogens is 451 g/mol. The van der Waals surface area contributed by atoms with Crippen molar-refractivity contribution in [3.8, 4) is 11.5 Å². The van der Waals surface area contributed by atoms with Gasteiger partial charge in [0.2, 0.25) is 0 Å². The van der Waals surface area contributed by atoms with Crippen LogP contribution in [0.5, 0.6) is 11.5 Å². The molecule has 138 valence electrons. The average molecular weight is 476 g/mol. The summed E-state index contributed by atoms with van der Waals surface area (Å²) >= 11 is 1.67. The highest BCUT2D eigenvalue weighted by molar-refractivity contribution is 14.0. The first kappa shape index (κ1) is 21.5. The molecule has 0 aliphatic heterocycles. The van der Waals surface area contributed by atoms with E-state index in [0.29, 0.717) is 6.54 Å². The van der Waals surface area contributed by atoms with Gasteiger partial charge in [-0.2, -0.15) is 0 Å². The van der Waals surface area contributed by atoms with E-state index in [1.54, 1.807) is 32.6 Å². The lowest BCUT2D eigenvalue weighted by Crippen LogP contribution is -2.38. The number of ether oxygens (including phenoxy) is 2. The molecule has 2 aromatic rings. The summed E-state index contributed by atoms with van der Waals surface area (Å²) in [5.41, 5.74) is 2.12. The Morgan fingerprint density at radius 2 is 2.04 bits per heavy atom. The molecule has 0 amide bonds. The molecule has 0 aliphatic rings. The molecule has 0 bridgehead atoms. The number of hydrogen-bond acceptors (Lipinski definition) is 5. The van der Waals surface area contributed by atoms with E-state index in [-0.39, 0.29) is 24.0 Å². The molecule has 0 unspecified atom stereocenters. The topological polar surface area (TPSA) is 67.8 Å². The van der Waals surface area contributed by atoms with Crippen LogP contribution in [0.4, 0.5) is 0 Å². The second-order valence-corrected chi connectivity index (χ2v) is 6.18. The molecular formula is C17H25IN4O2S. The Bertz CT molecular complexity index is 691. The minimum Gasteiger partial charge on any atom is -0.493 e. The molecule has 2 rings (SSSR count). The number of thiazole rings is 1. The molecule has 1 aromatic heterocycles. The van der Waals surface area contributed by atoms with Gasteiger partial charge in [-0.25, -0.2) is 4.98 Å². The monoisotopic (exact) mass is 476 g/mol. The van der Waals surface area contributed by atoms with Crippen LogP contribution in [0.25, 0.3) is 0 Å². The molecule has 0 atom stereocenters. The Morgan fingerprint density at radius 3 is 2.64 bits per heavy atom. The quantitative estimate of drug-likeness (QED) is 0.366. The number of guanidine groups is 1. The number of benzene rings is 1. The fraction of sp³-hybridized carbons (Fsp3) is 0.412. The van der Waals surface area contributed by atoms with Gasteiger partial charge in [0.1, 0.15) is 0 Å². The van der Waals surface area contributed by atoms with Gasteiger partial charge in [0.05, 0.1) is 24.9 Å². The Kier molecular flexibility index (Phi) is 9.58. The van der Waals surface area contributed by atoms with Gasteiger partial charge in [-0.05, 0) is 13.0 Å². The highest BCUT2D eigenvalue weighted by Crippen LogP contribution is 2.30. The number of rotatable bonds is 7. The van der Waals surface area contributed by atoms with Crippen molar-refractivity contribution in [1.29, 1.82) is 0 Å². The van der Waals surface area contributed by atoms with E-state index in [9.17, 15) is 0 Å². The van der Waals surface area contributed by atoms with Crippen molar-refractivity contribution < 1.29 is 9.47 Å². The fourth-order valence-corrected chi connectivity index (χ4v) is 2.97. The van der Waals surface area contributed by atoms with Crippen molar-refractivity contribution in [2.75, 3.05) is 27.8 Å². The lowest BCUT2D eigenvalue weighted by molar-refractivity contribution is 0.351. The van der Waals surface area contributed by atoms with Crippen LogP contribution in [0.2, 0.25) is 0 Å². The van der Waals surface area contributed by atoms with E-state index in [1.165, 1.54) is 0 Å². The molecule has 0 saturated carbocycles. The van der Waals surface area contributed by atoms with Gasteiger partial charge in [0.15, 0.2) is 17.5 Å². The number of aliphatic imine (C=N–C) groups is 1. The molecule has 1 heterocycles. The standard InChI is InChI=1S/C17H24N4O2S.HI/c1-12-21-14(11-24-12)8-9-19-17(18-2)20-10-13-6-5-7-15(22-3)16(13)23-4;/h5-7,11H,8-10H2,1-4H3,(H2,18,19,20);1H. The van der Waals surface area contributed by atoms with Crippen LogP contribution < -0.4 is 20.1 Å². The first-order valence-electron chi connectivity index (χ1n) is 7.73. The first-order chi connectivity index (χ1) is 11.7. The van der Waals surface area contributed by atoms with Gasteiger partial charge < -0.3 is 20.1 Å². The van der Waals surface area contributed by atoms with Crippen LogP contribution in [-0.2, 0) is 13.0 Å². The van der Waals surface area contributed by atoms with Crippen LogP contribution in [0.1, 0.15) is 16.3 Å². The lowest BCUT2D eigenvalue weighted by Gasteiger charge is -2.15. The van der Waals surface area contributed by atoms with E-state index < -0.39 is 0 Å². The second-order valence-electron chi connectivity index (χ2n) is 5.11. The maximum absolute atomic E-state index is 5.44. The third-order valence-electron chi connectivity index (χ3n) is 3.49. The number of methoxy groups -OCH3 is 2. The second kappa shape index (κ2) is 11.1.